The molecule has 0 bridgehead atoms. The monoisotopic (exact) mass is 688 g/mol. The molecule has 15 heteroatoms. The van der Waals surface area contributed by atoms with Crippen molar-refractivity contribution in [1.29, 1.82) is 0 Å². The highest BCUT2D eigenvalue weighted by Gasteiger charge is 2.47. The number of Topliss-reactive ketones (excluding diaryl/α,β-unsaturated/α-hetero) is 1. The lowest BCUT2D eigenvalue weighted by Gasteiger charge is -2.31. The van der Waals surface area contributed by atoms with Gasteiger partial charge in [-0.2, -0.15) is 0 Å². The fraction of sp³-hybridized carbons (Fsp3) is 0.481. The molecule has 1 N–H and O–H groups in total. The van der Waals surface area contributed by atoms with Gasteiger partial charge in [-0.1, -0.05) is 22.0 Å². The molecule has 42 heavy (non-hydrogen) atoms. The molecule has 5 rings (SSSR count). The van der Waals surface area contributed by atoms with E-state index in [-0.39, 0.29) is 36.7 Å². The first-order valence-corrected chi connectivity index (χ1v) is 16.7. The van der Waals surface area contributed by atoms with Gasteiger partial charge in [-0.05, 0) is 37.5 Å². The maximum atomic E-state index is 14.8. The number of rotatable bonds is 11. The maximum absolute atomic E-state index is 14.8. The first-order chi connectivity index (χ1) is 19.9. The van der Waals surface area contributed by atoms with E-state index in [4.69, 9.17) is 9.73 Å². The molecule has 3 aliphatic rings. The smallest absolute Gasteiger partial charge is 0.338 e. The molecule has 1 aliphatic carbocycles. The summed E-state index contributed by atoms with van der Waals surface area (Å²) in [7, 11) is -3.60. The molecule has 2 aliphatic heterocycles. The first-order valence-electron chi connectivity index (χ1n) is 13.3. The largest absolute Gasteiger partial charge is 0.463 e. The Bertz CT molecular complexity index is 1540. The van der Waals surface area contributed by atoms with Crippen LogP contribution in [0.15, 0.2) is 50.5 Å². The number of alkyl halides is 2. The van der Waals surface area contributed by atoms with E-state index in [0.717, 1.165) is 0 Å². The molecular weight excluding hydrogens is 661 g/mol. The van der Waals surface area contributed by atoms with E-state index < -0.39 is 69.4 Å². The number of ketones is 1. The Morgan fingerprint density at radius 3 is 2.69 bits per heavy atom. The zero-order valence-corrected chi connectivity index (χ0v) is 25.7. The Balaban J connectivity index is 1.51. The molecule has 0 radical (unpaired) electrons. The number of nitrogens with zero attached hydrogens (tertiary/aromatic N) is 3. The number of thiazole rings is 1. The Labute approximate surface area is 253 Å². The lowest BCUT2D eigenvalue weighted by Crippen LogP contribution is -2.42. The molecule has 1 saturated carbocycles. The fourth-order valence-corrected chi connectivity index (χ4v) is 8.02. The van der Waals surface area contributed by atoms with Crippen molar-refractivity contribution in [2.75, 3.05) is 25.4 Å². The van der Waals surface area contributed by atoms with Crippen LogP contribution in [-0.4, -0.2) is 78.6 Å². The Hall–Kier alpha value is -2.62. The first kappa shape index (κ1) is 30.8. The minimum Gasteiger partial charge on any atom is -0.463 e. The summed E-state index contributed by atoms with van der Waals surface area (Å²) in [6.07, 6.45) is 1.58. The lowest BCUT2D eigenvalue weighted by molar-refractivity contribution is -0.139. The summed E-state index contributed by atoms with van der Waals surface area (Å²) in [6, 6.07) is 1.97. The summed E-state index contributed by atoms with van der Waals surface area (Å²) in [4.78, 5) is 36.5. The predicted molar refractivity (Wildman–Crippen MR) is 154 cm³/mol. The van der Waals surface area contributed by atoms with Crippen molar-refractivity contribution in [3.8, 4) is 0 Å². The number of nitrogens with one attached hydrogen (secondary N) is 1. The number of carbonyl (C=O) groups excluding carboxylic acids is 2. The van der Waals surface area contributed by atoms with E-state index in [1.807, 2.05) is 0 Å². The summed E-state index contributed by atoms with van der Waals surface area (Å²) >= 11 is 4.62. The van der Waals surface area contributed by atoms with Gasteiger partial charge in [0.15, 0.2) is 20.7 Å². The van der Waals surface area contributed by atoms with E-state index in [0.29, 0.717) is 27.9 Å². The quantitative estimate of drug-likeness (QED) is 0.349. The number of amidine groups is 1. The van der Waals surface area contributed by atoms with E-state index >= 15 is 0 Å². The predicted octanol–water partition coefficient (Wildman–Crippen LogP) is 4.20. The second kappa shape index (κ2) is 12.2. The number of sulfone groups is 1. The van der Waals surface area contributed by atoms with Crippen LogP contribution < -0.4 is 5.32 Å². The molecule has 1 aromatic carbocycles. The Kier molecular flexibility index (Phi) is 8.93. The number of ether oxygens (including phenoxy) is 1. The van der Waals surface area contributed by atoms with E-state index in [1.54, 1.807) is 18.5 Å². The Morgan fingerprint density at radius 2 is 2.05 bits per heavy atom. The normalized spacial score (nSPS) is 22.5. The minimum atomic E-state index is -3.60. The van der Waals surface area contributed by atoms with Crippen LogP contribution in [0.5, 0.6) is 0 Å². The number of hydrogen-bond acceptors (Lipinski definition) is 10. The zero-order valence-electron chi connectivity index (χ0n) is 22.5. The van der Waals surface area contributed by atoms with Gasteiger partial charge in [-0.3, -0.25) is 14.7 Å². The summed E-state index contributed by atoms with van der Waals surface area (Å²) in [5.41, 5.74) is 0.702. The zero-order chi connectivity index (χ0) is 30.2. The number of likely N-dealkylation sites (tertiary alicyclic amines) is 1. The highest BCUT2D eigenvalue weighted by atomic mass is 79.9. The molecule has 9 nitrogen and oxygen atoms in total. The summed E-state index contributed by atoms with van der Waals surface area (Å²) in [5, 5.41) is 4.76. The van der Waals surface area contributed by atoms with Crippen molar-refractivity contribution in [3.63, 3.8) is 0 Å². The van der Waals surface area contributed by atoms with Gasteiger partial charge in [0.2, 0.25) is 0 Å². The van der Waals surface area contributed by atoms with Crippen molar-refractivity contribution in [2.24, 2.45) is 4.99 Å². The third-order valence-corrected chi connectivity index (χ3v) is 10.9. The standard InChI is InChI=1S/C27H28BrF3N4O5S2/c1-2-40-26(37)22-21(12-35-14-27(30,31)11-16(35)10-17(36)13-42(38,39)18-4-5-18)33-24(25-32-7-8-41-25)34-23(22)19-6-3-15(29)9-20(19)28/h3,6-9,16,18,23H,2,4-5,10-14H2,1H3,(H,33,34)/t16?,23-/m0/s1. The highest BCUT2D eigenvalue weighted by molar-refractivity contribution is 9.10. The van der Waals surface area contributed by atoms with Gasteiger partial charge in [0.1, 0.15) is 23.4 Å². The molecule has 0 amide bonds. The molecule has 1 unspecified atom stereocenters. The molecule has 2 fully saturated rings. The Morgan fingerprint density at radius 1 is 1.29 bits per heavy atom. The summed E-state index contributed by atoms with van der Waals surface area (Å²) in [6.45, 7) is 0.747. The van der Waals surface area contributed by atoms with Crippen molar-refractivity contribution >= 4 is 54.7 Å². The topological polar surface area (TPSA) is 118 Å². The van der Waals surface area contributed by atoms with Crippen molar-refractivity contribution < 1.29 is 35.9 Å². The molecular formula is C27H28BrF3N4O5S2. The molecule has 1 saturated heterocycles. The summed E-state index contributed by atoms with van der Waals surface area (Å²) < 4.78 is 73.9. The van der Waals surface area contributed by atoms with Crippen LogP contribution in [0.3, 0.4) is 0 Å². The van der Waals surface area contributed by atoms with Crippen molar-refractivity contribution in [2.45, 2.75) is 55.9 Å². The van der Waals surface area contributed by atoms with E-state index in [9.17, 15) is 31.2 Å². The van der Waals surface area contributed by atoms with Crippen LogP contribution in [0.2, 0.25) is 0 Å². The van der Waals surface area contributed by atoms with Gasteiger partial charge in [0, 0.05) is 47.2 Å². The van der Waals surface area contributed by atoms with Gasteiger partial charge in [-0.15, -0.1) is 11.3 Å². The van der Waals surface area contributed by atoms with E-state index in [2.05, 4.69) is 26.2 Å². The van der Waals surface area contributed by atoms with Crippen LogP contribution in [-0.2, 0) is 24.2 Å². The number of halogens is 4. The van der Waals surface area contributed by atoms with Crippen LogP contribution in [0.1, 0.15) is 49.2 Å². The molecule has 1 aromatic heterocycles. The number of benzene rings is 1. The second-order valence-electron chi connectivity index (χ2n) is 10.5. The molecule has 3 heterocycles. The van der Waals surface area contributed by atoms with Crippen LogP contribution in [0, 0.1) is 5.82 Å². The number of carbonyl (C=O) groups is 2. The van der Waals surface area contributed by atoms with Gasteiger partial charge >= 0.3 is 5.97 Å². The third kappa shape index (κ3) is 6.95. The summed E-state index contributed by atoms with van der Waals surface area (Å²) in [5.74, 6) is -5.40. The average molecular weight is 690 g/mol. The van der Waals surface area contributed by atoms with E-state index in [1.165, 1.54) is 34.4 Å². The number of hydrogen-bond donors (Lipinski definition) is 1. The van der Waals surface area contributed by atoms with Crippen molar-refractivity contribution in [3.05, 3.63) is 61.9 Å². The SMILES string of the molecule is CCOC(=O)C1=C(CN2CC(F)(F)CC2CC(=O)CS(=O)(=O)C2CC2)NC(c2nccs2)=N[C@H]1c1ccc(F)cc1Br. The highest BCUT2D eigenvalue weighted by Crippen LogP contribution is 2.39. The fourth-order valence-electron chi connectivity index (χ4n) is 5.21. The number of aromatic nitrogens is 1. The van der Waals surface area contributed by atoms with Gasteiger partial charge < -0.3 is 10.1 Å². The van der Waals surface area contributed by atoms with Crippen LogP contribution in [0.4, 0.5) is 13.2 Å². The van der Waals surface area contributed by atoms with Gasteiger partial charge in [-0.25, -0.2) is 31.4 Å². The second-order valence-corrected chi connectivity index (χ2v) is 14.5. The maximum Gasteiger partial charge on any atom is 0.338 e. The van der Waals surface area contributed by atoms with Gasteiger partial charge in [0.05, 0.1) is 24.0 Å². The molecule has 2 aromatic rings. The average Bonchev–Trinajstić information content (AvgIpc) is 3.55. The lowest BCUT2D eigenvalue weighted by atomic mass is 9.95. The minimum absolute atomic E-state index is 0.0321. The van der Waals surface area contributed by atoms with Gasteiger partial charge in [0.25, 0.3) is 5.92 Å². The molecule has 226 valence electrons. The van der Waals surface area contributed by atoms with Crippen LogP contribution in [0.25, 0.3) is 0 Å². The number of esters is 1. The number of aliphatic imine (C=N–C) groups is 1. The third-order valence-electron chi connectivity index (χ3n) is 7.22. The molecule has 0 spiro atoms. The van der Waals surface area contributed by atoms with Crippen LogP contribution >= 0.6 is 27.3 Å². The van der Waals surface area contributed by atoms with Crippen molar-refractivity contribution in [1.82, 2.24) is 15.2 Å². The molecule has 2 atom stereocenters.